The summed E-state index contributed by atoms with van der Waals surface area (Å²) in [5.41, 5.74) is 1.91. The average Bonchev–Trinajstić information content (AvgIpc) is 3.08. The maximum atomic E-state index is 12.6. The van der Waals surface area contributed by atoms with Gasteiger partial charge in [-0.05, 0) is 50.6 Å². The summed E-state index contributed by atoms with van der Waals surface area (Å²) in [6.45, 7) is 7.62. The second-order valence-corrected chi connectivity index (χ2v) is 10.0. The Bertz CT molecular complexity index is 1160. The third-order valence-electron chi connectivity index (χ3n) is 5.81. The maximum absolute atomic E-state index is 12.6. The van der Waals surface area contributed by atoms with Crippen LogP contribution in [0.1, 0.15) is 48.4 Å². The highest BCUT2D eigenvalue weighted by Crippen LogP contribution is 2.38. The highest BCUT2D eigenvalue weighted by atomic mass is 35.5. The van der Waals surface area contributed by atoms with Crippen LogP contribution in [0.25, 0.3) is 0 Å². The molecule has 0 N–H and O–H groups in total. The molecule has 2 aromatic carbocycles. The fourth-order valence-corrected chi connectivity index (χ4v) is 4.42. The number of anilines is 1. The van der Waals surface area contributed by atoms with Crippen LogP contribution in [-0.4, -0.2) is 55.1 Å². The number of esters is 1. The summed E-state index contributed by atoms with van der Waals surface area (Å²) in [5.74, 6) is -0.895. The number of benzene rings is 2. The van der Waals surface area contributed by atoms with Gasteiger partial charge in [0.1, 0.15) is 17.5 Å². The fourth-order valence-electron chi connectivity index (χ4n) is 4.17. The molecule has 36 heavy (non-hydrogen) atoms. The van der Waals surface area contributed by atoms with Gasteiger partial charge in [-0.1, -0.05) is 23.7 Å². The van der Waals surface area contributed by atoms with Crippen LogP contribution in [-0.2, 0) is 15.9 Å². The van der Waals surface area contributed by atoms with Gasteiger partial charge in [0.2, 0.25) is 0 Å². The number of fused-ring (bicyclic) bond motifs is 1. The predicted molar refractivity (Wildman–Crippen MR) is 126 cm³/mol. The van der Waals surface area contributed by atoms with Crippen molar-refractivity contribution in [3.8, 4) is 5.75 Å². The van der Waals surface area contributed by atoms with Crippen molar-refractivity contribution >= 4 is 29.4 Å². The summed E-state index contributed by atoms with van der Waals surface area (Å²) in [6.07, 6.45) is -5.57. The number of alkyl halides is 3. The Kier molecular flexibility index (Phi) is 7.01. The van der Waals surface area contributed by atoms with Crippen molar-refractivity contribution in [2.45, 2.75) is 45.3 Å². The number of halogens is 4. The quantitative estimate of drug-likeness (QED) is 0.473. The first-order chi connectivity index (χ1) is 16.8. The van der Waals surface area contributed by atoms with E-state index in [1.165, 1.54) is 12.1 Å². The van der Waals surface area contributed by atoms with Crippen LogP contribution >= 0.6 is 11.6 Å². The van der Waals surface area contributed by atoms with Crippen molar-refractivity contribution < 1.29 is 37.0 Å². The van der Waals surface area contributed by atoms with E-state index in [1.54, 1.807) is 11.0 Å². The van der Waals surface area contributed by atoms with Gasteiger partial charge in [0.05, 0.1) is 5.56 Å². The van der Waals surface area contributed by atoms with E-state index in [0.29, 0.717) is 42.9 Å². The molecule has 1 unspecified atom stereocenters. The van der Waals surface area contributed by atoms with E-state index in [1.807, 2.05) is 32.9 Å². The van der Waals surface area contributed by atoms with Crippen molar-refractivity contribution in [2.24, 2.45) is 0 Å². The second kappa shape index (κ2) is 9.72. The summed E-state index contributed by atoms with van der Waals surface area (Å²) >= 11 is 6.16. The maximum Gasteiger partial charge on any atom is 0.573 e. The van der Waals surface area contributed by atoms with Crippen molar-refractivity contribution in [2.75, 3.05) is 31.1 Å². The molecule has 2 aliphatic rings. The Morgan fingerprint density at radius 2 is 1.78 bits per heavy atom. The summed E-state index contributed by atoms with van der Waals surface area (Å²) in [7, 11) is 0. The smallest absolute Gasteiger partial charge is 0.454 e. The van der Waals surface area contributed by atoms with Gasteiger partial charge < -0.3 is 24.0 Å². The lowest BCUT2D eigenvalue weighted by Gasteiger charge is -2.36. The minimum absolute atomic E-state index is 0.0840. The Labute approximate surface area is 211 Å². The van der Waals surface area contributed by atoms with Crippen LogP contribution in [0.2, 0.25) is 5.02 Å². The first-order valence-electron chi connectivity index (χ1n) is 11.4. The first kappa shape index (κ1) is 25.9. The molecule has 0 saturated carbocycles. The Balaban J connectivity index is 1.42. The van der Waals surface area contributed by atoms with Crippen LogP contribution in [0.15, 0.2) is 36.4 Å². The molecule has 0 radical (unpaired) electrons. The van der Waals surface area contributed by atoms with Gasteiger partial charge in [0, 0.05) is 48.9 Å². The van der Waals surface area contributed by atoms with E-state index in [9.17, 15) is 22.8 Å². The molecule has 7 nitrogen and oxygen atoms in total. The Morgan fingerprint density at radius 1 is 1.08 bits per heavy atom. The molecule has 0 aromatic heterocycles. The van der Waals surface area contributed by atoms with Crippen LogP contribution in [0.3, 0.4) is 0 Å². The SMILES string of the molecule is CC(C)(C)OC(=O)N1CCN(c2ccc3c(c2)C(=O)OC3Cc2ccc(OC(F)(F)F)cc2Cl)CC1. The number of carbonyl (C=O) groups excluding carboxylic acids is 2. The monoisotopic (exact) mass is 526 g/mol. The minimum Gasteiger partial charge on any atom is -0.454 e. The highest BCUT2D eigenvalue weighted by molar-refractivity contribution is 6.31. The molecule has 0 aliphatic carbocycles. The third kappa shape index (κ3) is 6.16. The number of nitrogens with zero attached hydrogens (tertiary/aromatic N) is 2. The van der Waals surface area contributed by atoms with Gasteiger partial charge in [-0.15, -0.1) is 13.2 Å². The number of ether oxygens (including phenoxy) is 3. The van der Waals surface area contributed by atoms with E-state index in [-0.39, 0.29) is 17.5 Å². The molecule has 2 aromatic rings. The average molecular weight is 527 g/mol. The number of hydrogen-bond acceptors (Lipinski definition) is 6. The van der Waals surface area contributed by atoms with Gasteiger partial charge in [-0.25, -0.2) is 9.59 Å². The largest absolute Gasteiger partial charge is 0.573 e. The summed E-state index contributed by atoms with van der Waals surface area (Å²) in [5, 5.41) is 0.0840. The van der Waals surface area contributed by atoms with Crippen LogP contribution in [0.4, 0.5) is 23.7 Å². The zero-order valence-electron chi connectivity index (χ0n) is 20.0. The molecule has 1 amide bonds. The number of hydrogen-bond donors (Lipinski definition) is 0. The molecule has 0 bridgehead atoms. The van der Waals surface area contributed by atoms with E-state index >= 15 is 0 Å². The molecule has 4 rings (SSSR count). The molecule has 1 saturated heterocycles. The van der Waals surface area contributed by atoms with Crippen LogP contribution < -0.4 is 9.64 Å². The lowest BCUT2D eigenvalue weighted by atomic mass is 9.98. The van der Waals surface area contributed by atoms with E-state index in [0.717, 1.165) is 11.8 Å². The summed E-state index contributed by atoms with van der Waals surface area (Å²) in [4.78, 5) is 28.6. The number of carbonyl (C=O) groups is 2. The van der Waals surface area contributed by atoms with Crippen molar-refractivity contribution in [1.29, 1.82) is 0 Å². The molecule has 11 heteroatoms. The van der Waals surface area contributed by atoms with Crippen molar-refractivity contribution in [1.82, 2.24) is 4.90 Å². The van der Waals surface area contributed by atoms with Gasteiger partial charge in [0.25, 0.3) is 0 Å². The van der Waals surface area contributed by atoms with E-state index < -0.39 is 29.8 Å². The third-order valence-corrected chi connectivity index (χ3v) is 6.16. The van der Waals surface area contributed by atoms with Gasteiger partial charge in [0.15, 0.2) is 0 Å². The summed E-state index contributed by atoms with van der Waals surface area (Å²) in [6, 6.07) is 9.15. The molecular weight excluding hydrogens is 501 g/mol. The number of rotatable bonds is 4. The highest BCUT2D eigenvalue weighted by Gasteiger charge is 2.34. The number of amides is 1. The summed E-state index contributed by atoms with van der Waals surface area (Å²) < 4.78 is 52.2. The van der Waals surface area contributed by atoms with Gasteiger partial charge in [-0.3, -0.25) is 0 Å². The first-order valence-corrected chi connectivity index (χ1v) is 11.8. The molecule has 194 valence electrons. The van der Waals surface area contributed by atoms with E-state index in [2.05, 4.69) is 9.64 Å². The molecule has 1 atom stereocenters. The van der Waals surface area contributed by atoms with Crippen LogP contribution in [0.5, 0.6) is 5.75 Å². The molecule has 2 aliphatic heterocycles. The standard InChI is InChI=1S/C25H26ClF3N2O5/c1-24(2,3)36-23(33)31-10-8-30(9-11-31)16-5-7-18-19(13-16)22(32)34-21(18)12-15-4-6-17(14-20(15)26)35-25(27,28)29/h4-7,13-14,21H,8-12H2,1-3H3. The normalized spacial score (nSPS) is 18.1. The number of cyclic esters (lactones) is 1. The van der Waals surface area contributed by atoms with Gasteiger partial charge in [-0.2, -0.15) is 0 Å². The predicted octanol–water partition coefficient (Wildman–Crippen LogP) is 5.75. The Hall–Kier alpha value is -3.14. The van der Waals surface area contributed by atoms with Crippen molar-refractivity contribution in [3.05, 3.63) is 58.1 Å². The molecule has 1 fully saturated rings. The minimum atomic E-state index is -4.81. The van der Waals surface area contributed by atoms with Crippen LogP contribution in [0, 0.1) is 0 Å². The van der Waals surface area contributed by atoms with Gasteiger partial charge >= 0.3 is 18.4 Å². The zero-order chi connectivity index (χ0) is 26.3. The van der Waals surface area contributed by atoms with Crippen molar-refractivity contribution in [3.63, 3.8) is 0 Å². The Morgan fingerprint density at radius 3 is 2.39 bits per heavy atom. The number of piperazine rings is 1. The molecular formula is C25H26ClF3N2O5. The van der Waals surface area contributed by atoms with E-state index in [4.69, 9.17) is 21.1 Å². The second-order valence-electron chi connectivity index (χ2n) is 9.63. The molecule has 0 spiro atoms. The molecule has 2 heterocycles. The lowest BCUT2D eigenvalue weighted by Crippen LogP contribution is -2.50. The topological polar surface area (TPSA) is 68.3 Å². The lowest BCUT2D eigenvalue weighted by molar-refractivity contribution is -0.274. The fraction of sp³-hybridized carbons (Fsp3) is 0.440. The zero-order valence-corrected chi connectivity index (χ0v) is 20.8.